The molecule has 1 aliphatic heterocycles. The topological polar surface area (TPSA) is 90.6 Å². The van der Waals surface area contributed by atoms with Gasteiger partial charge < -0.3 is 19.9 Å². The Morgan fingerprint density at radius 1 is 1.30 bits per heavy atom. The number of nitrogens with one attached hydrogen (secondary N) is 2. The second-order valence-corrected chi connectivity index (χ2v) is 6.75. The van der Waals surface area contributed by atoms with Crippen molar-refractivity contribution in [2.75, 3.05) is 40.3 Å². The van der Waals surface area contributed by atoms with Crippen molar-refractivity contribution in [1.82, 2.24) is 25.3 Å². The van der Waals surface area contributed by atoms with Gasteiger partial charge in [-0.1, -0.05) is 18.2 Å². The molecule has 8 nitrogen and oxygen atoms in total. The second kappa shape index (κ2) is 8.68. The SMILES string of the molecule is CN(C)CC(=O)N1CCc2c(C(=O)NCCOc3ccccc3)n[nH]c2C1. The van der Waals surface area contributed by atoms with Gasteiger partial charge in [-0.25, -0.2) is 0 Å². The lowest BCUT2D eigenvalue weighted by Gasteiger charge is -2.28. The average molecular weight is 371 g/mol. The third-order valence-electron chi connectivity index (χ3n) is 4.35. The summed E-state index contributed by atoms with van der Waals surface area (Å²) in [6, 6.07) is 9.46. The monoisotopic (exact) mass is 371 g/mol. The summed E-state index contributed by atoms with van der Waals surface area (Å²) >= 11 is 0. The Bertz CT molecular complexity index is 788. The van der Waals surface area contributed by atoms with E-state index in [4.69, 9.17) is 4.74 Å². The number of rotatable bonds is 7. The van der Waals surface area contributed by atoms with Crippen LogP contribution in [0.5, 0.6) is 5.75 Å². The Balaban J connectivity index is 1.51. The van der Waals surface area contributed by atoms with Crippen LogP contribution in [0.25, 0.3) is 0 Å². The molecule has 0 fully saturated rings. The number of carbonyl (C=O) groups is 2. The summed E-state index contributed by atoms with van der Waals surface area (Å²) in [5.41, 5.74) is 2.13. The molecule has 2 heterocycles. The molecule has 0 unspecified atom stereocenters. The number of carbonyl (C=O) groups excluding carboxylic acids is 2. The maximum Gasteiger partial charge on any atom is 0.272 e. The first-order valence-electron chi connectivity index (χ1n) is 8.99. The molecule has 1 aromatic carbocycles. The third kappa shape index (κ3) is 4.85. The molecule has 27 heavy (non-hydrogen) atoms. The minimum absolute atomic E-state index is 0.0734. The van der Waals surface area contributed by atoms with Gasteiger partial charge >= 0.3 is 0 Å². The van der Waals surface area contributed by atoms with Gasteiger partial charge in [0.25, 0.3) is 5.91 Å². The van der Waals surface area contributed by atoms with Crippen molar-refractivity contribution in [3.63, 3.8) is 0 Å². The predicted octanol–water partition coefficient (Wildman–Crippen LogP) is 0.665. The van der Waals surface area contributed by atoms with Crippen molar-refractivity contribution in [1.29, 1.82) is 0 Å². The highest BCUT2D eigenvalue weighted by Gasteiger charge is 2.27. The summed E-state index contributed by atoms with van der Waals surface area (Å²) in [6.45, 7) is 2.20. The average Bonchev–Trinajstić information content (AvgIpc) is 3.08. The summed E-state index contributed by atoms with van der Waals surface area (Å²) in [6.07, 6.45) is 0.619. The molecule has 1 aromatic heterocycles. The summed E-state index contributed by atoms with van der Waals surface area (Å²) in [5, 5.41) is 9.91. The first kappa shape index (κ1) is 18.9. The van der Waals surface area contributed by atoms with Crippen LogP contribution in [-0.2, 0) is 17.8 Å². The molecule has 0 atom stereocenters. The number of amides is 2. The number of ether oxygens (including phenoxy) is 1. The Morgan fingerprint density at radius 2 is 2.07 bits per heavy atom. The quantitative estimate of drug-likeness (QED) is 0.698. The van der Waals surface area contributed by atoms with Gasteiger partial charge in [0.2, 0.25) is 5.91 Å². The van der Waals surface area contributed by atoms with Crippen molar-refractivity contribution < 1.29 is 14.3 Å². The first-order valence-corrected chi connectivity index (χ1v) is 8.99. The Kier molecular flexibility index (Phi) is 6.08. The standard InChI is InChI=1S/C19H25N5O3/c1-23(2)13-17(25)24-10-8-15-16(12-24)21-22-18(15)19(26)20-9-11-27-14-6-4-3-5-7-14/h3-7H,8-13H2,1-2H3,(H,20,26)(H,21,22). The molecule has 1 aliphatic rings. The Labute approximate surface area is 158 Å². The molecule has 0 radical (unpaired) electrons. The van der Waals surface area contributed by atoms with Gasteiger partial charge in [0, 0.05) is 12.1 Å². The molecular formula is C19H25N5O3. The molecule has 0 spiro atoms. The van der Waals surface area contributed by atoms with Gasteiger partial charge in [-0.3, -0.25) is 14.7 Å². The van der Waals surface area contributed by atoms with Crippen molar-refractivity contribution >= 4 is 11.8 Å². The molecule has 0 aliphatic carbocycles. The maximum absolute atomic E-state index is 12.4. The molecule has 0 saturated heterocycles. The first-order chi connectivity index (χ1) is 13.0. The van der Waals surface area contributed by atoms with E-state index in [1.54, 1.807) is 4.90 Å². The van der Waals surface area contributed by atoms with Gasteiger partial charge in [0.15, 0.2) is 5.69 Å². The number of hydrogen-bond donors (Lipinski definition) is 2. The van der Waals surface area contributed by atoms with Gasteiger partial charge in [-0.05, 0) is 32.6 Å². The van der Waals surface area contributed by atoms with Crippen LogP contribution in [-0.4, -0.2) is 72.1 Å². The lowest BCUT2D eigenvalue weighted by molar-refractivity contribution is -0.132. The molecule has 8 heteroatoms. The maximum atomic E-state index is 12.4. The molecule has 2 N–H and O–H groups in total. The van der Waals surface area contributed by atoms with Crippen LogP contribution in [0.3, 0.4) is 0 Å². The summed E-state index contributed by atoms with van der Waals surface area (Å²) in [5.74, 6) is 0.618. The van der Waals surface area contributed by atoms with E-state index in [1.807, 2.05) is 49.3 Å². The number of nitrogens with zero attached hydrogens (tertiary/aromatic N) is 3. The smallest absolute Gasteiger partial charge is 0.272 e. The Hall–Kier alpha value is -2.87. The van der Waals surface area contributed by atoms with E-state index in [1.165, 1.54) is 0 Å². The molecule has 2 amide bonds. The number of aromatic nitrogens is 2. The summed E-state index contributed by atoms with van der Waals surface area (Å²) in [4.78, 5) is 28.3. The molecule has 2 aromatic rings. The van der Waals surface area contributed by atoms with Crippen LogP contribution in [0.1, 0.15) is 21.7 Å². The van der Waals surface area contributed by atoms with E-state index in [9.17, 15) is 9.59 Å². The van der Waals surface area contributed by atoms with E-state index in [-0.39, 0.29) is 11.8 Å². The van der Waals surface area contributed by atoms with E-state index < -0.39 is 0 Å². The molecule has 3 rings (SSSR count). The van der Waals surface area contributed by atoms with E-state index in [0.29, 0.717) is 44.9 Å². The van der Waals surface area contributed by atoms with Crippen LogP contribution in [0.4, 0.5) is 0 Å². The minimum atomic E-state index is -0.225. The van der Waals surface area contributed by atoms with Crippen molar-refractivity contribution in [2.45, 2.75) is 13.0 Å². The zero-order valence-corrected chi connectivity index (χ0v) is 15.7. The fourth-order valence-corrected chi connectivity index (χ4v) is 3.02. The number of likely N-dealkylation sites (N-methyl/N-ethyl adjacent to an activating group) is 1. The van der Waals surface area contributed by atoms with Gasteiger partial charge in [-0.2, -0.15) is 5.10 Å². The molecular weight excluding hydrogens is 346 g/mol. The van der Waals surface area contributed by atoms with Gasteiger partial charge in [-0.15, -0.1) is 0 Å². The van der Waals surface area contributed by atoms with Crippen LogP contribution in [0.2, 0.25) is 0 Å². The lowest BCUT2D eigenvalue weighted by Crippen LogP contribution is -2.41. The highest BCUT2D eigenvalue weighted by molar-refractivity contribution is 5.94. The minimum Gasteiger partial charge on any atom is -0.492 e. The predicted molar refractivity (Wildman–Crippen MR) is 101 cm³/mol. The fourth-order valence-electron chi connectivity index (χ4n) is 3.02. The van der Waals surface area contributed by atoms with Crippen LogP contribution < -0.4 is 10.1 Å². The summed E-state index contributed by atoms with van der Waals surface area (Å²) < 4.78 is 5.57. The highest BCUT2D eigenvalue weighted by Crippen LogP contribution is 2.20. The third-order valence-corrected chi connectivity index (χ3v) is 4.35. The highest BCUT2D eigenvalue weighted by atomic mass is 16.5. The van der Waals surface area contributed by atoms with Crippen molar-refractivity contribution in [2.24, 2.45) is 0 Å². The molecule has 0 saturated carbocycles. The van der Waals surface area contributed by atoms with Crippen LogP contribution >= 0.6 is 0 Å². The number of fused-ring (bicyclic) bond motifs is 1. The van der Waals surface area contributed by atoms with Crippen molar-refractivity contribution in [3.8, 4) is 5.75 Å². The normalized spacial score (nSPS) is 13.4. The molecule has 144 valence electrons. The molecule has 0 bridgehead atoms. The van der Waals surface area contributed by atoms with Gasteiger partial charge in [0.05, 0.1) is 25.3 Å². The number of benzene rings is 1. The fraction of sp³-hybridized carbons (Fsp3) is 0.421. The van der Waals surface area contributed by atoms with Crippen LogP contribution in [0, 0.1) is 0 Å². The largest absolute Gasteiger partial charge is 0.492 e. The number of hydrogen-bond acceptors (Lipinski definition) is 5. The number of aromatic amines is 1. The van der Waals surface area contributed by atoms with Crippen LogP contribution in [0.15, 0.2) is 30.3 Å². The van der Waals surface area contributed by atoms with Gasteiger partial charge in [0.1, 0.15) is 12.4 Å². The van der Waals surface area contributed by atoms with E-state index >= 15 is 0 Å². The lowest BCUT2D eigenvalue weighted by atomic mass is 10.0. The second-order valence-electron chi connectivity index (χ2n) is 6.75. The number of H-pyrrole nitrogens is 1. The zero-order chi connectivity index (χ0) is 19.2. The zero-order valence-electron chi connectivity index (χ0n) is 15.7. The van der Waals surface area contributed by atoms with Crippen molar-refractivity contribution in [3.05, 3.63) is 47.3 Å². The Morgan fingerprint density at radius 3 is 2.81 bits per heavy atom. The van der Waals surface area contributed by atoms with E-state index in [2.05, 4.69) is 15.5 Å². The van der Waals surface area contributed by atoms with E-state index in [0.717, 1.165) is 17.0 Å². The number of para-hydroxylation sites is 1. The summed E-state index contributed by atoms with van der Waals surface area (Å²) in [7, 11) is 3.74.